The number of pyridine rings is 1. The summed E-state index contributed by atoms with van der Waals surface area (Å²) in [4.78, 5) is 20.5. The monoisotopic (exact) mass is 406 g/mol. The number of benzene rings is 1. The molecule has 1 N–H and O–H groups in total. The van der Waals surface area contributed by atoms with Crippen molar-refractivity contribution in [3.63, 3.8) is 0 Å². The molecule has 6 heteroatoms. The van der Waals surface area contributed by atoms with E-state index in [1.54, 1.807) is 18.3 Å². The number of carboxylic acid groups (broad SMARTS) is 1. The Morgan fingerprint density at radius 3 is 2.43 bits per heavy atom. The van der Waals surface area contributed by atoms with Gasteiger partial charge in [-0.3, -0.25) is 4.98 Å². The van der Waals surface area contributed by atoms with E-state index in [0.29, 0.717) is 5.69 Å². The van der Waals surface area contributed by atoms with Crippen molar-refractivity contribution < 1.29 is 9.90 Å². The molecule has 0 bridgehead atoms. The summed E-state index contributed by atoms with van der Waals surface area (Å²) < 4.78 is 2.07. The van der Waals surface area contributed by atoms with Crippen LogP contribution in [0.4, 0.5) is 0 Å². The highest BCUT2D eigenvalue weighted by Gasteiger charge is 2.13. The first-order valence-corrected chi connectivity index (χ1v) is 10.8. The first kappa shape index (κ1) is 21.7. The molecule has 0 amide bonds. The standard InChI is InChI=1S/C24H30N4O2/c1-3-5-9-21-26-22(10-6-4-2)28(27-21)17-15-18-11-13-19(14-12-18)23-20(24(29)30)8-7-16-25-23/h7-8,11-14,16H,3-6,9-10,15,17H2,1-2H3,(H,29,30). The van der Waals surface area contributed by atoms with E-state index in [4.69, 9.17) is 10.1 Å². The second-order valence-corrected chi connectivity index (χ2v) is 7.53. The van der Waals surface area contributed by atoms with Gasteiger partial charge in [0.25, 0.3) is 0 Å². The molecule has 0 spiro atoms. The summed E-state index contributed by atoms with van der Waals surface area (Å²) in [5.41, 5.74) is 2.70. The maximum atomic E-state index is 11.4. The van der Waals surface area contributed by atoms with E-state index in [1.165, 1.54) is 5.56 Å². The Labute approximate surface area is 178 Å². The molecule has 158 valence electrons. The number of aromatic nitrogens is 4. The van der Waals surface area contributed by atoms with Gasteiger partial charge in [-0.1, -0.05) is 51.0 Å². The number of carbonyl (C=O) groups is 1. The van der Waals surface area contributed by atoms with Crippen LogP contribution in [0.2, 0.25) is 0 Å². The minimum Gasteiger partial charge on any atom is -0.478 e. The Balaban J connectivity index is 1.71. The summed E-state index contributed by atoms with van der Waals surface area (Å²) in [5, 5.41) is 14.1. The van der Waals surface area contributed by atoms with Crippen molar-refractivity contribution in [2.75, 3.05) is 0 Å². The van der Waals surface area contributed by atoms with Crippen LogP contribution in [0.15, 0.2) is 42.6 Å². The summed E-state index contributed by atoms with van der Waals surface area (Å²) in [6, 6.07) is 11.2. The number of hydrogen-bond acceptors (Lipinski definition) is 4. The van der Waals surface area contributed by atoms with Gasteiger partial charge in [-0.05, 0) is 37.0 Å². The lowest BCUT2D eigenvalue weighted by molar-refractivity contribution is 0.0697. The third-order valence-corrected chi connectivity index (χ3v) is 5.18. The zero-order valence-corrected chi connectivity index (χ0v) is 17.8. The van der Waals surface area contributed by atoms with Crippen LogP contribution >= 0.6 is 0 Å². The van der Waals surface area contributed by atoms with Crippen molar-refractivity contribution in [3.05, 3.63) is 65.4 Å². The van der Waals surface area contributed by atoms with E-state index in [2.05, 4.69) is 23.5 Å². The van der Waals surface area contributed by atoms with Crippen molar-refractivity contribution in [1.82, 2.24) is 19.7 Å². The molecule has 0 aliphatic rings. The molecule has 0 atom stereocenters. The van der Waals surface area contributed by atoms with E-state index in [9.17, 15) is 9.90 Å². The van der Waals surface area contributed by atoms with Crippen molar-refractivity contribution >= 4 is 5.97 Å². The van der Waals surface area contributed by atoms with Crippen molar-refractivity contribution in [2.45, 2.75) is 65.3 Å². The van der Waals surface area contributed by atoms with E-state index >= 15 is 0 Å². The number of nitrogens with zero attached hydrogens (tertiary/aromatic N) is 4. The lowest BCUT2D eigenvalue weighted by atomic mass is 10.0. The fourth-order valence-electron chi connectivity index (χ4n) is 3.44. The van der Waals surface area contributed by atoms with E-state index in [0.717, 1.165) is 68.7 Å². The molecular formula is C24H30N4O2. The van der Waals surface area contributed by atoms with Crippen molar-refractivity contribution in [2.24, 2.45) is 0 Å². The molecule has 0 fully saturated rings. The molecule has 0 saturated carbocycles. The van der Waals surface area contributed by atoms with Crippen LogP contribution < -0.4 is 0 Å². The SMILES string of the molecule is CCCCc1nc(CCCC)n(CCc2ccc(-c3ncccc3C(=O)O)cc2)n1. The van der Waals surface area contributed by atoms with Crippen molar-refractivity contribution in [1.29, 1.82) is 0 Å². The summed E-state index contributed by atoms with van der Waals surface area (Å²) in [6.45, 7) is 5.17. The zero-order valence-electron chi connectivity index (χ0n) is 17.8. The molecule has 30 heavy (non-hydrogen) atoms. The molecule has 0 unspecified atom stereocenters. The Hall–Kier alpha value is -3.02. The van der Waals surface area contributed by atoms with Crippen molar-refractivity contribution in [3.8, 4) is 11.3 Å². The third-order valence-electron chi connectivity index (χ3n) is 5.18. The highest BCUT2D eigenvalue weighted by Crippen LogP contribution is 2.22. The molecule has 0 radical (unpaired) electrons. The van der Waals surface area contributed by atoms with Crippen LogP contribution in [-0.2, 0) is 25.8 Å². The average Bonchev–Trinajstić information content (AvgIpc) is 3.17. The quantitative estimate of drug-likeness (QED) is 0.486. The third kappa shape index (κ3) is 5.53. The summed E-state index contributed by atoms with van der Waals surface area (Å²) in [6.07, 6.45) is 8.90. The maximum absolute atomic E-state index is 11.4. The second kappa shape index (κ2) is 10.7. The highest BCUT2D eigenvalue weighted by molar-refractivity contribution is 5.94. The van der Waals surface area contributed by atoms with Gasteiger partial charge < -0.3 is 5.11 Å². The predicted molar refractivity (Wildman–Crippen MR) is 118 cm³/mol. The van der Waals surface area contributed by atoms with E-state index in [-0.39, 0.29) is 5.56 Å². The Morgan fingerprint density at radius 2 is 1.73 bits per heavy atom. The lowest BCUT2D eigenvalue weighted by Crippen LogP contribution is -2.08. The predicted octanol–water partition coefficient (Wildman–Crippen LogP) is 4.97. The van der Waals surface area contributed by atoms with E-state index < -0.39 is 5.97 Å². The van der Waals surface area contributed by atoms with Crippen LogP contribution in [0, 0.1) is 0 Å². The Kier molecular flexibility index (Phi) is 7.71. The van der Waals surface area contributed by atoms with Gasteiger partial charge in [0.05, 0.1) is 11.3 Å². The average molecular weight is 407 g/mol. The van der Waals surface area contributed by atoms with Gasteiger partial charge in [-0.25, -0.2) is 14.5 Å². The molecule has 0 aliphatic heterocycles. The summed E-state index contributed by atoms with van der Waals surface area (Å²) in [7, 11) is 0. The van der Waals surface area contributed by atoms with Gasteiger partial charge >= 0.3 is 5.97 Å². The molecule has 0 aliphatic carbocycles. The molecule has 2 aromatic heterocycles. The smallest absolute Gasteiger partial charge is 0.337 e. The fourth-order valence-corrected chi connectivity index (χ4v) is 3.44. The minimum atomic E-state index is -0.966. The number of aryl methyl sites for hydroxylation is 4. The summed E-state index contributed by atoms with van der Waals surface area (Å²) in [5.74, 6) is 1.07. The number of aromatic carboxylic acids is 1. The molecule has 3 rings (SSSR count). The molecule has 0 saturated heterocycles. The van der Waals surface area contributed by atoms with Gasteiger partial charge in [-0.2, -0.15) is 5.10 Å². The maximum Gasteiger partial charge on any atom is 0.337 e. The number of carboxylic acids is 1. The fraction of sp³-hybridized carbons (Fsp3) is 0.417. The molecule has 1 aromatic carbocycles. The van der Waals surface area contributed by atoms with Crippen LogP contribution in [-0.4, -0.2) is 30.8 Å². The number of unbranched alkanes of at least 4 members (excludes halogenated alkanes) is 2. The molecule has 2 heterocycles. The van der Waals surface area contributed by atoms with Gasteiger partial charge in [-0.15, -0.1) is 0 Å². The zero-order chi connectivity index (χ0) is 21.3. The van der Waals surface area contributed by atoms with Crippen LogP contribution in [0.25, 0.3) is 11.3 Å². The number of hydrogen-bond donors (Lipinski definition) is 1. The van der Waals surface area contributed by atoms with Crippen LogP contribution in [0.1, 0.15) is 67.1 Å². The van der Waals surface area contributed by atoms with Gasteiger partial charge in [0.2, 0.25) is 0 Å². The Bertz CT molecular complexity index is 964. The first-order valence-electron chi connectivity index (χ1n) is 10.8. The second-order valence-electron chi connectivity index (χ2n) is 7.53. The lowest BCUT2D eigenvalue weighted by Gasteiger charge is -2.08. The van der Waals surface area contributed by atoms with E-state index in [1.807, 2.05) is 24.3 Å². The highest BCUT2D eigenvalue weighted by atomic mass is 16.4. The van der Waals surface area contributed by atoms with Gasteiger partial charge in [0.15, 0.2) is 5.82 Å². The molecule has 3 aromatic rings. The minimum absolute atomic E-state index is 0.216. The topological polar surface area (TPSA) is 80.9 Å². The first-order chi connectivity index (χ1) is 14.6. The Morgan fingerprint density at radius 1 is 1.00 bits per heavy atom. The summed E-state index contributed by atoms with van der Waals surface area (Å²) >= 11 is 0. The number of rotatable bonds is 11. The molecular weight excluding hydrogens is 376 g/mol. The normalized spacial score (nSPS) is 11.0. The largest absolute Gasteiger partial charge is 0.478 e. The molecule has 6 nitrogen and oxygen atoms in total. The van der Waals surface area contributed by atoms with Gasteiger partial charge in [0, 0.05) is 31.1 Å². The van der Waals surface area contributed by atoms with Crippen LogP contribution in [0.3, 0.4) is 0 Å². The van der Waals surface area contributed by atoms with Crippen LogP contribution in [0.5, 0.6) is 0 Å². The van der Waals surface area contributed by atoms with Gasteiger partial charge in [0.1, 0.15) is 5.82 Å².